The average molecular weight is 350 g/mol. The Balaban J connectivity index is 1.52. The molecule has 1 fully saturated rings. The number of nitrogens with zero attached hydrogens (tertiary/aromatic N) is 3. The van der Waals surface area contributed by atoms with Crippen LogP contribution in [0.1, 0.15) is 42.0 Å². The Bertz CT molecular complexity index is 925. The van der Waals surface area contributed by atoms with Crippen molar-refractivity contribution in [2.75, 3.05) is 0 Å². The zero-order chi connectivity index (χ0) is 18.1. The number of aliphatic hydroxyl groups excluding tert-OH is 1. The minimum atomic E-state index is -0.228. The van der Waals surface area contributed by atoms with E-state index in [2.05, 4.69) is 15.3 Å². The summed E-state index contributed by atoms with van der Waals surface area (Å²) < 4.78 is 2.04. The fourth-order valence-corrected chi connectivity index (χ4v) is 3.55. The van der Waals surface area contributed by atoms with Gasteiger partial charge in [-0.1, -0.05) is 6.07 Å². The van der Waals surface area contributed by atoms with E-state index in [4.69, 9.17) is 0 Å². The Morgan fingerprint density at radius 2 is 2.00 bits per heavy atom. The quantitative estimate of drug-likeness (QED) is 0.761. The van der Waals surface area contributed by atoms with E-state index in [1.807, 2.05) is 41.8 Å². The van der Waals surface area contributed by atoms with Crippen molar-refractivity contribution < 1.29 is 9.90 Å². The van der Waals surface area contributed by atoms with Crippen LogP contribution in [0.15, 0.2) is 42.7 Å². The summed E-state index contributed by atoms with van der Waals surface area (Å²) >= 11 is 0. The molecule has 0 aliphatic heterocycles. The van der Waals surface area contributed by atoms with Gasteiger partial charge >= 0.3 is 0 Å². The molecule has 0 unspecified atom stereocenters. The lowest BCUT2D eigenvalue weighted by Gasteiger charge is -2.26. The highest BCUT2D eigenvalue weighted by Gasteiger charge is 2.21. The fourth-order valence-electron chi connectivity index (χ4n) is 3.55. The molecule has 1 amide bonds. The lowest BCUT2D eigenvalue weighted by molar-refractivity contribution is 0.0863. The number of hydrogen-bond acceptors (Lipinski definition) is 4. The smallest absolute Gasteiger partial charge is 0.270 e. The molecule has 0 bridgehead atoms. The van der Waals surface area contributed by atoms with Crippen molar-refractivity contribution in [3.63, 3.8) is 0 Å². The van der Waals surface area contributed by atoms with E-state index in [-0.39, 0.29) is 18.1 Å². The molecule has 1 aliphatic rings. The standard InChI is InChI=1S/C20H22N4O2/c1-13-22-19(18-4-2-3-11-24(13)18)14-5-10-17(21-12-14)20(26)23-15-6-8-16(25)9-7-15/h2-5,10-12,15-16,25H,6-9H2,1H3,(H,23,26). The van der Waals surface area contributed by atoms with Crippen molar-refractivity contribution in [2.45, 2.75) is 44.8 Å². The molecule has 26 heavy (non-hydrogen) atoms. The number of amides is 1. The minimum Gasteiger partial charge on any atom is -0.393 e. The van der Waals surface area contributed by atoms with Crippen LogP contribution in [0.5, 0.6) is 0 Å². The number of carbonyl (C=O) groups excluding carboxylic acids is 1. The molecule has 2 N–H and O–H groups in total. The topological polar surface area (TPSA) is 79.5 Å². The molecular weight excluding hydrogens is 328 g/mol. The van der Waals surface area contributed by atoms with Crippen molar-refractivity contribution in [1.82, 2.24) is 19.7 Å². The van der Waals surface area contributed by atoms with Crippen molar-refractivity contribution in [3.8, 4) is 11.3 Å². The number of aryl methyl sites for hydroxylation is 1. The van der Waals surface area contributed by atoms with Crippen molar-refractivity contribution in [1.29, 1.82) is 0 Å². The lowest BCUT2D eigenvalue weighted by atomic mass is 9.93. The first-order valence-corrected chi connectivity index (χ1v) is 9.01. The van der Waals surface area contributed by atoms with Crippen molar-refractivity contribution >= 4 is 11.4 Å². The maximum absolute atomic E-state index is 12.4. The highest BCUT2D eigenvalue weighted by molar-refractivity contribution is 5.93. The first kappa shape index (κ1) is 16.7. The van der Waals surface area contributed by atoms with E-state index in [9.17, 15) is 9.90 Å². The molecule has 6 nitrogen and oxygen atoms in total. The Morgan fingerprint density at radius 1 is 1.19 bits per heavy atom. The van der Waals surface area contributed by atoms with Gasteiger partial charge in [0.05, 0.1) is 17.3 Å². The number of imidazole rings is 1. The van der Waals surface area contributed by atoms with Gasteiger partial charge in [0.1, 0.15) is 11.5 Å². The molecule has 1 aliphatic carbocycles. The van der Waals surface area contributed by atoms with Crippen LogP contribution in [0.3, 0.4) is 0 Å². The molecule has 4 rings (SSSR count). The van der Waals surface area contributed by atoms with Gasteiger partial charge in [0.25, 0.3) is 5.91 Å². The molecule has 134 valence electrons. The lowest BCUT2D eigenvalue weighted by Crippen LogP contribution is -2.38. The summed E-state index contributed by atoms with van der Waals surface area (Å²) in [4.78, 5) is 21.4. The Morgan fingerprint density at radius 3 is 2.73 bits per heavy atom. The third-order valence-corrected chi connectivity index (χ3v) is 5.03. The second-order valence-corrected chi connectivity index (χ2v) is 6.87. The van der Waals surface area contributed by atoms with Gasteiger partial charge in [0.15, 0.2) is 0 Å². The number of fused-ring (bicyclic) bond motifs is 1. The van der Waals surface area contributed by atoms with Crippen LogP contribution in [0.25, 0.3) is 16.8 Å². The zero-order valence-corrected chi connectivity index (χ0v) is 14.7. The van der Waals surface area contributed by atoms with E-state index in [1.54, 1.807) is 12.3 Å². The Kier molecular flexibility index (Phi) is 4.42. The molecule has 3 aromatic heterocycles. The average Bonchev–Trinajstić information content (AvgIpc) is 3.01. The van der Waals surface area contributed by atoms with Crippen LogP contribution in [0.2, 0.25) is 0 Å². The largest absolute Gasteiger partial charge is 0.393 e. The third kappa shape index (κ3) is 3.20. The number of aromatic nitrogens is 3. The number of aliphatic hydroxyl groups is 1. The first-order valence-electron chi connectivity index (χ1n) is 9.01. The molecule has 0 atom stereocenters. The van der Waals surface area contributed by atoms with Crippen LogP contribution in [-0.4, -0.2) is 37.5 Å². The van der Waals surface area contributed by atoms with Crippen LogP contribution >= 0.6 is 0 Å². The van der Waals surface area contributed by atoms with Gasteiger partial charge < -0.3 is 14.8 Å². The summed E-state index contributed by atoms with van der Waals surface area (Å²) in [5.41, 5.74) is 3.17. The Labute approximate surface area is 151 Å². The second-order valence-electron chi connectivity index (χ2n) is 6.87. The summed E-state index contributed by atoms with van der Waals surface area (Å²) in [5, 5.41) is 12.6. The van der Waals surface area contributed by atoms with E-state index >= 15 is 0 Å². The highest BCUT2D eigenvalue weighted by atomic mass is 16.3. The summed E-state index contributed by atoms with van der Waals surface area (Å²) in [6.07, 6.45) is 6.56. The molecule has 3 heterocycles. The molecule has 3 aromatic rings. The van der Waals surface area contributed by atoms with Gasteiger partial charge in [-0.3, -0.25) is 9.78 Å². The maximum atomic E-state index is 12.4. The zero-order valence-electron chi connectivity index (χ0n) is 14.7. The van der Waals surface area contributed by atoms with Gasteiger partial charge in [-0.05, 0) is 56.9 Å². The van der Waals surface area contributed by atoms with E-state index < -0.39 is 0 Å². The normalized spacial score (nSPS) is 20.2. The van der Waals surface area contributed by atoms with Crippen molar-refractivity contribution in [2.24, 2.45) is 0 Å². The molecule has 0 radical (unpaired) electrons. The van der Waals surface area contributed by atoms with Gasteiger partial charge in [0.2, 0.25) is 0 Å². The van der Waals surface area contributed by atoms with Crippen LogP contribution in [0.4, 0.5) is 0 Å². The summed E-state index contributed by atoms with van der Waals surface area (Å²) in [7, 11) is 0. The summed E-state index contributed by atoms with van der Waals surface area (Å²) in [6, 6.07) is 9.73. The van der Waals surface area contributed by atoms with Crippen LogP contribution in [-0.2, 0) is 0 Å². The van der Waals surface area contributed by atoms with Crippen molar-refractivity contribution in [3.05, 3.63) is 54.2 Å². The van der Waals surface area contributed by atoms with Gasteiger partial charge in [-0.2, -0.15) is 0 Å². The number of nitrogens with one attached hydrogen (secondary N) is 1. The van der Waals surface area contributed by atoms with Gasteiger partial charge in [-0.25, -0.2) is 4.98 Å². The monoisotopic (exact) mass is 350 g/mol. The van der Waals surface area contributed by atoms with Crippen LogP contribution in [0, 0.1) is 6.92 Å². The SMILES string of the molecule is Cc1nc(-c2ccc(C(=O)NC3CCC(O)CC3)nc2)c2ccccn12. The first-order chi connectivity index (χ1) is 12.6. The Hall–Kier alpha value is -2.73. The summed E-state index contributed by atoms with van der Waals surface area (Å²) in [5.74, 6) is 0.751. The van der Waals surface area contributed by atoms with Gasteiger partial charge in [0, 0.05) is 24.0 Å². The van der Waals surface area contributed by atoms with E-state index in [0.29, 0.717) is 5.69 Å². The van der Waals surface area contributed by atoms with Gasteiger partial charge in [-0.15, -0.1) is 0 Å². The summed E-state index contributed by atoms with van der Waals surface area (Å²) in [6.45, 7) is 1.97. The maximum Gasteiger partial charge on any atom is 0.270 e. The number of pyridine rings is 2. The fraction of sp³-hybridized carbons (Fsp3) is 0.350. The highest BCUT2D eigenvalue weighted by Crippen LogP contribution is 2.24. The molecular formula is C20H22N4O2. The number of carbonyl (C=O) groups is 1. The molecule has 6 heteroatoms. The minimum absolute atomic E-state index is 0.118. The number of rotatable bonds is 3. The molecule has 0 aromatic carbocycles. The predicted molar refractivity (Wildman–Crippen MR) is 98.9 cm³/mol. The molecule has 1 saturated carbocycles. The molecule has 0 spiro atoms. The third-order valence-electron chi connectivity index (χ3n) is 5.03. The molecule has 0 saturated heterocycles. The van der Waals surface area contributed by atoms with E-state index in [1.165, 1.54) is 0 Å². The predicted octanol–water partition coefficient (Wildman–Crippen LogP) is 2.74. The van der Waals surface area contributed by atoms with Crippen LogP contribution < -0.4 is 5.32 Å². The number of hydrogen-bond donors (Lipinski definition) is 2. The second kappa shape index (κ2) is 6.88. The van der Waals surface area contributed by atoms with E-state index in [0.717, 1.165) is 48.3 Å².